The molecule has 20 heavy (non-hydrogen) atoms. The normalized spacial score (nSPS) is 17.8. The van der Waals surface area contributed by atoms with E-state index in [1.807, 2.05) is 11.7 Å². The molecular weight excluding hydrogens is 272 g/mol. The van der Waals surface area contributed by atoms with E-state index in [0.29, 0.717) is 0 Å². The van der Waals surface area contributed by atoms with Gasteiger partial charge in [-0.1, -0.05) is 25.4 Å². The average molecular weight is 299 g/mol. The number of piperidine rings is 1. The van der Waals surface area contributed by atoms with Crippen molar-refractivity contribution in [2.75, 3.05) is 26.2 Å². The van der Waals surface area contributed by atoms with Crippen molar-refractivity contribution < 1.29 is 0 Å². The Balaban J connectivity index is 1.88. The number of aryl methyl sites for hydroxylation is 2. The van der Waals surface area contributed by atoms with Gasteiger partial charge in [-0.2, -0.15) is 5.10 Å². The van der Waals surface area contributed by atoms with E-state index in [0.717, 1.165) is 48.4 Å². The Morgan fingerprint density at radius 3 is 2.55 bits per heavy atom. The van der Waals surface area contributed by atoms with E-state index in [9.17, 15) is 0 Å². The highest BCUT2D eigenvalue weighted by Gasteiger charge is 2.21. The maximum atomic E-state index is 6.43. The standard InChI is InChI=1S/C15H27ClN4/c1-4-13-15(16)14(19(3)18-13)11-20-8-6-12(7-9-20)10-17-5-2/h12,17H,4-11H2,1-3H3. The fraction of sp³-hybridized carbons (Fsp3) is 0.800. The molecule has 0 bridgehead atoms. The van der Waals surface area contributed by atoms with Gasteiger partial charge in [0.25, 0.3) is 0 Å². The lowest BCUT2D eigenvalue weighted by Crippen LogP contribution is -2.37. The molecule has 4 nitrogen and oxygen atoms in total. The molecule has 1 aliphatic heterocycles. The third kappa shape index (κ3) is 3.74. The predicted octanol–water partition coefficient (Wildman–Crippen LogP) is 2.46. The molecule has 1 fully saturated rings. The molecule has 1 saturated heterocycles. The van der Waals surface area contributed by atoms with Crippen molar-refractivity contribution >= 4 is 11.6 Å². The molecule has 2 rings (SSSR count). The lowest BCUT2D eigenvalue weighted by Gasteiger charge is -2.32. The first-order valence-electron chi connectivity index (χ1n) is 7.79. The molecule has 0 spiro atoms. The van der Waals surface area contributed by atoms with Crippen LogP contribution in [0.15, 0.2) is 0 Å². The number of likely N-dealkylation sites (tertiary alicyclic amines) is 1. The monoisotopic (exact) mass is 298 g/mol. The highest BCUT2D eigenvalue weighted by atomic mass is 35.5. The molecule has 0 aromatic carbocycles. The smallest absolute Gasteiger partial charge is 0.0863 e. The van der Waals surface area contributed by atoms with Crippen LogP contribution in [0.2, 0.25) is 5.02 Å². The second-order valence-electron chi connectivity index (χ2n) is 5.71. The number of halogens is 1. The summed E-state index contributed by atoms with van der Waals surface area (Å²) in [5.41, 5.74) is 2.18. The van der Waals surface area contributed by atoms with E-state index in [2.05, 4.69) is 29.2 Å². The number of rotatable bonds is 6. The summed E-state index contributed by atoms with van der Waals surface area (Å²) in [5.74, 6) is 0.833. The molecule has 2 heterocycles. The quantitative estimate of drug-likeness (QED) is 0.876. The maximum absolute atomic E-state index is 6.43. The fourth-order valence-corrected chi connectivity index (χ4v) is 3.25. The number of aromatic nitrogens is 2. The number of nitrogens with one attached hydrogen (secondary N) is 1. The summed E-state index contributed by atoms with van der Waals surface area (Å²) in [6, 6.07) is 0. The third-order valence-corrected chi connectivity index (χ3v) is 4.70. The molecule has 114 valence electrons. The summed E-state index contributed by atoms with van der Waals surface area (Å²) < 4.78 is 1.95. The summed E-state index contributed by atoms with van der Waals surface area (Å²) in [6.07, 6.45) is 3.46. The first kappa shape index (κ1) is 15.8. The van der Waals surface area contributed by atoms with Gasteiger partial charge in [0.2, 0.25) is 0 Å². The van der Waals surface area contributed by atoms with Crippen LogP contribution >= 0.6 is 11.6 Å². The van der Waals surface area contributed by atoms with Crippen molar-refractivity contribution in [3.05, 3.63) is 16.4 Å². The molecule has 1 aromatic heterocycles. The molecule has 1 aromatic rings. The summed E-state index contributed by atoms with van der Waals surface area (Å²) in [5, 5.41) is 8.82. The van der Waals surface area contributed by atoms with Gasteiger partial charge < -0.3 is 5.32 Å². The van der Waals surface area contributed by atoms with E-state index in [1.165, 1.54) is 25.9 Å². The first-order chi connectivity index (χ1) is 9.65. The summed E-state index contributed by atoms with van der Waals surface area (Å²) in [7, 11) is 2.00. The van der Waals surface area contributed by atoms with Crippen molar-refractivity contribution in [2.45, 2.75) is 39.7 Å². The van der Waals surface area contributed by atoms with Crippen molar-refractivity contribution in [2.24, 2.45) is 13.0 Å². The second-order valence-corrected chi connectivity index (χ2v) is 6.09. The number of hydrogen-bond acceptors (Lipinski definition) is 3. The van der Waals surface area contributed by atoms with Gasteiger partial charge in [0, 0.05) is 13.6 Å². The average Bonchev–Trinajstić information content (AvgIpc) is 2.74. The second kappa shape index (κ2) is 7.43. The van der Waals surface area contributed by atoms with Crippen LogP contribution < -0.4 is 5.32 Å². The Labute approximate surface area is 127 Å². The van der Waals surface area contributed by atoms with Crippen LogP contribution in [-0.4, -0.2) is 40.9 Å². The Bertz CT molecular complexity index is 422. The number of hydrogen-bond donors (Lipinski definition) is 1. The van der Waals surface area contributed by atoms with Gasteiger partial charge in [-0.25, -0.2) is 0 Å². The fourth-order valence-electron chi connectivity index (χ4n) is 2.90. The molecule has 0 unspecified atom stereocenters. The van der Waals surface area contributed by atoms with Crippen LogP contribution in [0.4, 0.5) is 0 Å². The van der Waals surface area contributed by atoms with Crippen molar-refractivity contribution in [3.8, 4) is 0 Å². The van der Waals surface area contributed by atoms with Gasteiger partial charge in [0.1, 0.15) is 0 Å². The van der Waals surface area contributed by atoms with E-state index in [4.69, 9.17) is 11.6 Å². The van der Waals surface area contributed by atoms with E-state index >= 15 is 0 Å². The topological polar surface area (TPSA) is 33.1 Å². The van der Waals surface area contributed by atoms with Gasteiger partial charge in [-0.15, -0.1) is 0 Å². The summed E-state index contributed by atoms with van der Waals surface area (Å²) >= 11 is 6.43. The maximum Gasteiger partial charge on any atom is 0.0863 e. The van der Waals surface area contributed by atoms with Crippen LogP contribution in [0, 0.1) is 5.92 Å². The Hall–Kier alpha value is -0.580. The zero-order valence-electron chi connectivity index (χ0n) is 13.0. The molecule has 0 radical (unpaired) electrons. The molecule has 0 aliphatic carbocycles. The molecule has 1 aliphatic rings. The molecular formula is C15H27ClN4. The van der Waals surface area contributed by atoms with Crippen LogP contribution in [0.5, 0.6) is 0 Å². The third-order valence-electron chi connectivity index (χ3n) is 4.27. The minimum atomic E-state index is 0.833. The Morgan fingerprint density at radius 1 is 1.30 bits per heavy atom. The van der Waals surface area contributed by atoms with Crippen LogP contribution in [-0.2, 0) is 20.0 Å². The molecule has 0 saturated carbocycles. The molecule has 1 N–H and O–H groups in total. The van der Waals surface area contributed by atoms with E-state index < -0.39 is 0 Å². The highest BCUT2D eigenvalue weighted by Crippen LogP contribution is 2.24. The van der Waals surface area contributed by atoms with Crippen LogP contribution in [0.3, 0.4) is 0 Å². The largest absolute Gasteiger partial charge is 0.317 e. The Kier molecular flexibility index (Phi) is 5.87. The Morgan fingerprint density at radius 2 is 2.00 bits per heavy atom. The zero-order valence-corrected chi connectivity index (χ0v) is 13.7. The predicted molar refractivity (Wildman–Crippen MR) is 84.1 cm³/mol. The highest BCUT2D eigenvalue weighted by molar-refractivity contribution is 6.31. The van der Waals surface area contributed by atoms with Crippen LogP contribution in [0.25, 0.3) is 0 Å². The molecule has 5 heteroatoms. The van der Waals surface area contributed by atoms with Crippen molar-refractivity contribution in [1.82, 2.24) is 20.0 Å². The van der Waals surface area contributed by atoms with Crippen molar-refractivity contribution in [3.63, 3.8) is 0 Å². The summed E-state index contributed by atoms with van der Waals surface area (Å²) in [4.78, 5) is 2.50. The zero-order chi connectivity index (χ0) is 14.5. The lowest BCUT2D eigenvalue weighted by molar-refractivity contribution is 0.172. The van der Waals surface area contributed by atoms with E-state index in [1.54, 1.807) is 0 Å². The van der Waals surface area contributed by atoms with Crippen LogP contribution in [0.1, 0.15) is 38.1 Å². The molecule has 0 atom stereocenters. The van der Waals surface area contributed by atoms with Crippen molar-refractivity contribution in [1.29, 1.82) is 0 Å². The summed E-state index contributed by atoms with van der Waals surface area (Å²) in [6.45, 7) is 9.77. The van der Waals surface area contributed by atoms with Gasteiger partial charge in [-0.05, 0) is 51.4 Å². The minimum absolute atomic E-state index is 0.833. The van der Waals surface area contributed by atoms with Gasteiger partial charge in [0.15, 0.2) is 0 Å². The first-order valence-corrected chi connectivity index (χ1v) is 8.16. The lowest BCUT2D eigenvalue weighted by atomic mass is 9.96. The van der Waals surface area contributed by atoms with Gasteiger partial charge >= 0.3 is 0 Å². The SMILES string of the molecule is CCNCC1CCN(Cc2c(Cl)c(CC)nn2C)CC1. The number of nitrogens with zero attached hydrogens (tertiary/aromatic N) is 3. The minimum Gasteiger partial charge on any atom is -0.317 e. The van der Waals surface area contributed by atoms with Gasteiger partial charge in [0.05, 0.1) is 16.4 Å². The molecule has 0 amide bonds. The van der Waals surface area contributed by atoms with Gasteiger partial charge in [-0.3, -0.25) is 9.58 Å². The van der Waals surface area contributed by atoms with E-state index in [-0.39, 0.29) is 0 Å².